The van der Waals surface area contributed by atoms with Crippen LogP contribution in [0.3, 0.4) is 0 Å². The third-order valence-corrected chi connectivity index (χ3v) is 5.88. The first-order valence-electron chi connectivity index (χ1n) is 11.0. The third-order valence-electron chi connectivity index (χ3n) is 5.88. The monoisotopic (exact) mass is 429 g/mol. The lowest BCUT2D eigenvalue weighted by Gasteiger charge is -2.32. The van der Waals surface area contributed by atoms with Crippen molar-refractivity contribution in [2.75, 3.05) is 38.5 Å². The molecular formula is C25H33F2N3O. The summed E-state index contributed by atoms with van der Waals surface area (Å²) in [6, 6.07) is 10.4. The summed E-state index contributed by atoms with van der Waals surface area (Å²) < 4.78 is 28.3. The third kappa shape index (κ3) is 6.34. The summed E-state index contributed by atoms with van der Waals surface area (Å²) in [5, 5.41) is 2.84. The molecule has 0 aromatic heterocycles. The van der Waals surface area contributed by atoms with E-state index in [1.165, 1.54) is 11.6 Å². The maximum atomic E-state index is 14.1. The van der Waals surface area contributed by atoms with Crippen LogP contribution < -0.4 is 5.32 Å². The molecule has 1 aliphatic rings. The number of halogens is 2. The van der Waals surface area contributed by atoms with Crippen LogP contribution in [0.5, 0.6) is 0 Å². The molecule has 6 heteroatoms. The topological polar surface area (TPSA) is 35.6 Å². The van der Waals surface area contributed by atoms with Crippen LogP contribution in [0.4, 0.5) is 14.5 Å². The van der Waals surface area contributed by atoms with Crippen LogP contribution in [-0.2, 0) is 18.9 Å². The number of nitrogens with zero attached hydrogens (tertiary/aromatic N) is 2. The van der Waals surface area contributed by atoms with E-state index in [0.717, 1.165) is 57.1 Å². The van der Waals surface area contributed by atoms with Gasteiger partial charge in [-0.25, -0.2) is 8.78 Å². The highest BCUT2D eigenvalue weighted by molar-refractivity contribution is 6.04. The average molecular weight is 430 g/mol. The molecule has 31 heavy (non-hydrogen) atoms. The Kier molecular flexibility index (Phi) is 7.44. The predicted molar refractivity (Wildman–Crippen MR) is 122 cm³/mol. The molecule has 0 atom stereocenters. The van der Waals surface area contributed by atoms with Gasteiger partial charge in [-0.3, -0.25) is 9.69 Å². The Balaban J connectivity index is 1.80. The number of carbonyl (C=O) groups excluding carboxylic acids is 1. The quantitative estimate of drug-likeness (QED) is 0.668. The molecule has 168 valence electrons. The fourth-order valence-electron chi connectivity index (χ4n) is 3.96. The van der Waals surface area contributed by atoms with Crippen molar-refractivity contribution in [1.82, 2.24) is 9.80 Å². The molecule has 4 nitrogen and oxygen atoms in total. The predicted octanol–water partition coefficient (Wildman–Crippen LogP) is 5.06. The lowest BCUT2D eigenvalue weighted by Crippen LogP contribution is -2.43. The second-order valence-electron chi connectivity index (χ2n) is 8.73. The summed E-state index contributed by atoms with van der Waals surface area (Å²) in [5.74, 6) is -3.26. The van der Waals surface area contributed by atoms with E-state index in [9.17, 15) is 13.6 Å². The Morgan fingerprint density at radius 3 is 2.42 bits per heavy atom. The van der Waals surface area contributed by atoms with Crippen LogP contribution in [0.25, 0.3) is 0 Å². The number of aryl methyl sites for hydroxylation is 2. The number of carbonyl (C=O) groups is 1. The first kappa shape index (κ1) is 23.4. The van der Waals surface area contributed by atoms with Crippen LogP contribution in [-0.4, -0.2) is 48.9 Å². The number of anilines is 1. The van der Waals surface area contributed by atoms with Crippen LogP contribution >= 0.6 is 0 Å². The second-order valence-corrected chi connectivity index (χ2v) is 8.73. The maximum Gasteiger partial charge on any atom is 0.270 e. The lowest BCUT2D eigenvalue weighted by molar-refractivity contribution is 0.0173. The zero-order chi connectivity index (χ0) is 22.6. The van der Waals surface area contributed by atoms with Gasteiger partial charge in [0.15, 0.2) is 0 Å². The summed E-state index contributed by atoms with van der Waals surface area (Å²) in [6.07, 6.45) is 2.01. The zero-order valence-corrected chi connectivity index (χ0v) is 19.0. The smallest absolute Gasteiger partial charge is 0.270 e. The van der Waals surface area contributed by atoms with E-state index in [1.807, 2.05) is 25.1 Å². The maximum absolute atomic E-state index is 14.1. The number of hydrogen-bond donors (Lipinski definition) is 1. The van der Waals surface area contributed by atoms with Gasteiger partial charge < -0.3 is 10.2 Å². The molecular weight excluding hydrogens is 396 g/mol. The normalized spacial score (nSPS) is 15.8. The van der Waals surface area contributed by atoms with Crippen LogP contribution in [0.15, 0.2) is 36.4 Å². The molecule has 1 fully saturated rings. The number of piperazine rings is 1. The van der Waals surface area contributed by atoms with Gasteiger partial charge in [-0.1, -0.05) is 19.4 Å². The molecule has 2 aromatic carbocycles. The van der Waals surface area contributed by atoms with E-state index in [-0.39, 0.29) is 11.5 Å². The summed E-state index contributed by atoms with van der Waals surface area (Å²) in [4.78, 5) is 17.3. The number of amides is 1. The number of hydrogen-bond acceptors (Lipinski definition) is 3. The molecule has 0 spiro atoms. The summed E-state index contributed by atoms with van der Waals surface area (Å²) in [6.45, 7) is 9.31. The minimum absolute atomic E-state index is 0.0797. The lowest BCUT2D eigenvalue weighted by atomic mass is 10.0. The molecule has 0 radical (unpaired) electrons. The van der Waals surface area contributed by atoms with Gasteiger partial charge in [0.05, 0.1) is 0 Å². The van der Waals surface area contributed by atoms with E-state index in [2.05, 4.69) is 29.1 Å². The van der Waals surface area contributed by atoms with Gasteiger partial charge in [0.25, 0.3) is 11.8 Å². The van der Waals surface area contributed by atoms with E-state index >= 15 is 0 Å². The van der Waals surface area contributed by atoms with Crippen molar-refractivity contribution in [3.63, 3.8) is 0 Å². The molecule has 0 unspecified atom stereocenters. The van der Waals surface area contributed by atoms with E-state index in [0.29, 0.717) is 17.8 Å². The van der Waals surface area contributed by atoms with E-state index in [4.69, 9.17) is 0 Å². The zero-order valence-electron chi connectivity index (χ0n) is 19.0. The minimum atomic E-state index is -2.98. The first-order valence-corrected chi connectivity index (χ1v) is 11.0. The Bertz CT molecular complexity index is 915. The van der Waals surface area contributed by atoms with Crippen LogP contribution in [0.1, 0.15) is 52.9 Å². The molecule has 2 aromatic rings. The van der Waals surface area contributed by atoms with E-state index in [1.54, 1.807) is 12.1 Å². The SMILES string of the molecule is CCCc1ccc(C(=O)Nc2cc(CN3CCN(C)CC3)cc(C(C)(F)F)c2)cc1C. The number of nitrogens with one attached hydrogen (secondary N) is 1. The number of benzene rings is 2. The standard InChI is InChI=1S/C25H33F2N3O/c1-5-6-20-7-8-21(13-18(20)2)24(31)28-23-15-19(14-22(16-23)25(3,26)27)17-30-11-9-29(4)10-12-30/h7-8,13-16H,5-6,9-12,17H2,1-4H3,(H,28,31). The first-order chi connectivity index (χ1) is 14.7. The molecule has 0 bridgehead atoms. The average Bonchev–Trinajstić information content (AvgIpc) is 2.70. The molecule has 1 N–H and O–H groups in total. The molecule has 1 heterocycles. The molecule has 1 aliphatic heterocycles. The summed E-state index contributed by atoms with van der Waals surface area (Å²) >= 11 is 0. The highest BCUT2D eigenvalue weighted by Gasteiger charge is 2.26. The van der Waals surface area contributed by atoms with Gasteiger partial charge in [0.2, 0.25) is 0 Å². The highest BCUT2D eigenvalue weighted by atomic mass is 19.3. The van der Waals surface area contributed by atoms with Crippen molar-refractivity contribution >= 4 is 11.6 Å². The largest absolute Gasteiger partial charge is 0.322 e. The molecule has 1 saturated heterocycles. The van der Waals surface area contributed by atoms with Crippen molar-refractivity contribution < 1.29 is 13.6 Å². The van der Waals surface area contributed by atoms with Gasteiger partial charge in [-0.05, 0) is 67.4 Å². The van der Waals surface area contributed by atoms with Gasteiger partial charge in [-0.2, -0.15) is 0 Å². The van der Waals surface area contributed by atoms with Gasteiger partial charge in [0.1, 0.15) is 0 Å². The molecule has 1 amide bonds. The Labute approximate surface area is 184 Å². The Hall–Kier alpha value is -2.31. The number of rotatable bonds is 7. The highest BCUT2D eigenvalue weighted by Crippen LogP contribution is 2.31. The number of alkyl halides is 2. The van der Waals surface area contributed by atoms with E-state index < -0.39 is 5.92 Å². The second kappa shape index (κ2) is 9.88. The Morgan fingerprint density at radius 1 is 1.10 bits per heavy atom. The molecule has 3 rings (SSSR count). The van der Waals surface area contributed by atoms with Crippen LogP contribution in [0, 0.1) is 6.92 Å². The molecule has 0 aliphatic carbocycles. The van der Waals surface area contributed by atoms with Crippen molar-refractivity contribution in [2.45, 2.75) is 46.1 Å². The molecule has 0 saturated carbocycles. The fraction of sp³-hybridized carbons (Fsp3) is 0.480. The van der Waals surface area contributed by atoms with Crippen molar-refractivity contribution in [3.8, 4) is 0 Å². The van der Waals surface area contributed by atoms with Gasteiger partial charge in [0, 0.05) is 56.5 Å². The van der Waals surface area contributed by atoms with Crippen molar-refractivity contribution in [3.05, 3.63) is 64.2 Å². The van der Waals surface area contributed by atoms with Gasteiger partial charge in [-0.15, -0.1) is 0 Å². The minimum Gasteiger partial charge on any atom is -0.322 e. The van der Waals surface area contributed by atoms with Gasteiger partial charge >= 0.3 is 0 Å². The Morgan fingerprint density at radius 2 is 1.81 bits per heavy atom. The summed E-state index contributed by atoms with van der Waals surface area (Å²) in [5.41, 5.74) is 3.94. The fourth-order valence-corrected chi connectivity index (χ4v) is 3.96. The number of likely N-dealkylation sites (N-methyl/N-ethyl adjacent to an activating group) is 1. The van der Waals surface area contributed by atoms with Crippen LogP contribution in [0.2, 0.25) is 0 Å². The van der Waals surface area contributed by atoms with Crippen molar-refractivity contribution in [1.29, 1.82) is 0 Å². The van der Waals surface area contributed by atoms with Crippen molar-refractivity contribution in [2.24, 2.45) is 0 Å². The summed E-state index contributed by atoms with van der Waals surface area (Å²) in [7, 11) is 2.08.